The Morgan fingerprint density at radius 2 is 2.03 bits per heavy atom. The molecule has 1 fully saturated rings. The summed E-state index contributed by atoms with van der Waals surface area (Å²) < 4.78 is 7.52. The molecule has 0 spiro atoms. The topological polar surface area (TPSA) is 92.2 Å². The van der Waals surface area contributed by atoms with Gasteiger partial charge in [-0.25, -0.2) is 0 Å². The fraction of sp³-hybridized carbons (Fsp3) is 0.391. The number of hydrogen-bond acceptors (Lipinski definition) is 6. The van der Waals surface area contributed by atoms with Gasteiger partial charge in [0.2, 0.25) is 11.8 Å². The van der Waals surface area contributed by atoms with Gasteiger partial charge in [-0.1, -0.05) is 24.3 Å². The molecule has 10 heteroatoms. The van der Waals surface area contributed by atoms with E-state index in [2.05, 4.69) is 15.5 Å². The van der Waals surface area contributed by atoms with Crippen LogP contribution in [0.2, 0.25) is 0 Å². The highest BCUT2D eigenvalue weighted by molar-refractivity contribution is 7.71. The van der Waals surface area contributed by atoms with E-state index >= 15 is 0 Å². The Morgan fingerprint density at radius 3 is 2.73 bits per heavy atom. The summed E-state index contributed by atoms with van der Waals surface area (Å²) in [5, 5.41) is 12.2. The number of likely N-dealkylation sites (tertiary alicyclic amines) is 1. The quantitative estimate of drug-likeness (QED) is 0.499. The summed E-state index contributed by atoms with van der Waals surface area (Å²) in [4.78, 5) is 28.6. The minimum Gasteiger partial charge on any atom is -0.496 e. The number of H-pyrrole nitrogens is 1. The number of methoxy groups -OCH3 is 1. The Kier molecular flexibility index (Phi) is 7.24. The van der Waals surface area contributed by atoms with Gasteiger partial charge in [-0.05, 0) is 49.5 Å². The second kappa shape index (κ2) is 10.3. The van der Waals surface area contributed by atoms with Gasteiger partial charge >= 0.3 is 0 Å². The second-order valence-corrected chi connectivity index (χ2v) is 9.36. The Hall–Kier alpha value is -2.98. The first kappa shape index (κ1) is 23.2. The number of para-hydroxylation sites is 1. The Labute approximate surface area is 201 Å². The molecular weight excluding hydrogens is 458 g/mol. The van der Waals surface area contributed by atoms with Gasteiger partial charge in [0.05, 0.1) is 18.4 Å². The van der Waals surface area contributed by atoms with Crippen LogP contribution in [0.3, 0.4) is 0 Å². The summed E-state index contributed by atoms with van der Waals surface area (Å²) in [5.41, 5.74) is 0.882. The number of aromatic nitrogens is 3. The maximum absolute atomic E-state index is 13.0. The third kappa shape index (κ3) is 5.17. The number of piperidine rings is 1. The van der Waals surface area contributed by atoms with Gasteiger partial charge in [-0.2, -0.15) is 5.10 Å². The smallest absolute Gasteiger partial charge is 0.243 e. The molecule has 0 radical (unpaired) electrons. The number of hydrogen-bond donors (Lipinski definition) is 2. The first-order valence-corrected chi connectivity index (χ1v) is 12.2. The summed E-state index contributed by atoms with van der Waals surface area (Å²) in [6.45, 7) is 3.04. The van der Waals surface area contributed by atoms with Crippen LogP contribution in [0.1, 0.15) is 31.4 Å². The molecule has 1 aromatic carbocycles. The SMILES string of the molecule is COc1ccccc1CC(=O)N1CCC(NC(=O)C(C)n2c(-c3cccs3)n[nH]c2=S)CC1. The number of carbonyl (C=O) groups is 2. The van der Waals surface area contributed by atoms with Crippen LogP contribution in [-0.2, 0) is 16.0 Å². The molecular formula is C23H27N5O3S2. The predicted molar refractivity (Wildman–Crippen MR) is 130 cm³/mol. The number of nitrogens with zero attached hydrogens (tertiary/aromatic N) is 3. The lowest BCUT2D eigenvalue weighted by molar-refractivity contribution is -0.131. The average Bonchev–Trinajstić information content (AvgIpc) is 3.49. The van der Waals surface area contributed by atoms with Gasteiger partial charge in [0.1, 0.15) is 11.8 Å². The van der Waals surface area contributed by atoms with Crippen LogP contribution in [0.25, 0.3) is 10.7 Å². The van der Waals surface area contributed by atoms with Gasteiger partial charge < -0.3 is 15.0 Å². The van der Waals surface area contributed by atoms with Crippen LogP contribution in [0, 0.1) is 4.77 Å². The van der Waals surface area contributed by atoms with E-state index in [1.54, 1.807) is 23.0 Å². The summed E-state index contributed by atoms with van der Waals surface area (Å²) in [5.74, 6) is 1.35. The largest absolute Gasteiger partial charge is 0.496 e. The predicted octanol–water partition coefficient (Wildman–Crippen LogP) is 3.59. The number of nitrogens with one attached hydrogen (secondary N) is 2. The average molecular weight is 486 g/mol. The van der Waals surface area contributed by atoms with Gasteiger partial charge in [-0.3, -0.25) is 19.3 Å². The van der Waals surface area contributed by atoms with Crippen LogP contribution in [0.4, 0.5) is 0 Å². The number of thiophene rings is 1. The molecule has 0 bridgehead atoms. The highest BCUT2D eigenvalue weighted by atomic mass is 32.1. The number of amides is 2. The van der Waals surface area contributed by atoms with Crippen LogP contribution in [0.5, 0.6) is 5.75 Å². The third-order valence-corrected chi connectivity index (χ3v) is 7.09. The molecule has 2 aromatic heterocycles. The summed E-state index contributed by atoms with van der Waals surface area (Å²) in [6, 6.07) is 11.0. The molecule has 4 rings (SSSR count). The fourth-order valence-electron chi connectivity index (χ4n) is 4.08. The molecule has 33 heavy (non-hydrogen) atoms. The van der Waals surface area contributed by atoms with E-state index in [9.17, 15) is 9.59 Å². The zero-order valence-corrected chi connectivity index (χ0v) is 20.2. The molecule has 8 nitrogen and oxygen atoms in total. The zero-order valence-electron chi connectivity index (χ0n) is 18.6. The van der Waals surface area contributed by atoms with E-state index in [1.165, 1.54) is 0 Å². The van der Waals surface area contributed by atoms with Gasteiger partial charge in [0.25, 0.3) is 0 Å². The number of benzene rings is 1. The molecule has 1 aliphatic rings. The highest BCUT2D eigenvalue weighted by Gasteiger charge is 2.27. The van der Waals surface area contributed by atoms with Gasteiger partial charge in [-0.15, -0.1) is 11.3 Å². The molecule has 2 amide bonds. The maximum atomic E-state index is 13.0. The lowest BCUT2D eigenvalue weighted by atomic mass is 10.0. The van der Waals surface area contributed by atoms with Crippen molar-refractivity contribution in [1.82, 2.24) is 25.0 Å². The number of carbonyl (C=O) groups excluding carboxylic acids is 2. The number of aromatic amines is 1. The highest BCUT2D eigenvalue weighted by Crippen LogP contribution is 2.26. The van der Waals surface area contributed by atoms with Crippen molar-refractivity contribution in [3.05, 3.63) is 52.1 Å². The number of rotatable bonds is 7. The van der Waals surface area contributed by atoms with Crippen molar-refractivity contribution < 1.29 is 14.3 Å². The Bertz CT molecular complexity index is 1160. The van der Waals surface area contributed by atoms with E-state index in [1.807, 2.05) is 53.6 Å². The molecule has 3 aromatic rings. The number of ether oxygens (including phenoxy) is 1. The molecule has 3 heterocycles. The van der Waals surface area contributed by atoms with Crippen molar-refractivity contribution in [2.75, 3.05) is 20.2 Å². The molecule has 1 atom stereocenters. The molecule has 1 saturated heterocycles. The monoisotopic (exact) mass is 485 g/mol. The van der Waals surface area contributed by atoms with E-state index < -0.39 is 6.04 Å². The first-order valence-electron chi connectivity index (χ1n) is 10.9. The van der Waals surface area contributed by atoms with Crippen molar-refractivity contribution in [3.8, 4) is 16.5 Å². The summed E-state index contributed by atoms with van der Waals surface area (Å²) >= 11 is 6.93. The molecule has 174 valence electrons. The summed E-state index contributed by atoms with van der Waals surface area (Å²) in [7, 11) is 1.61. The summed E-state index contributed by atoms with van der Waals surface area (Å²) in [6.07, 6.45) is 1.73. The van der Waals surface area contributed by atoms with E-state index in [-0.39, 0.29) is 17.9 Å². The zero-order chi connectivity index (χ0) is 23.4. The van der Waals surface area contributed by atoms with E-state index in [0.717, 1.165) is 16.2 Å². The van der Waals surface area contributed by atoms with E-state index in [4.69, 9.17) is 17.0 Å². The fourth-order valence-corrected chi connectivity index (χ4v) is 5.08. The minimum atomic E-state index is -0.501. The van der Waals surface area contributed by atoms with E-state index in [0.29, 0.717) is 42.9 Å². The van der Waals surface area contributed by atoms with Crippen LogP contribution >= 0.6 is 23.6 Å². The normalized spacial score (nSPS) is 15.3. The van der Waals surface area contributed by atoms with Crippen molar-refractivity contribution >= 4 is 35.4 Å². The minimum absolute atomic E-state index is 0.0153. The van der Waals surface area contributed by atoms with Crippen LogP contribution in [0.15, 0.2) is 41.8 Å². The lowest BCUT2D eigenvalue weighted by Crippen LogP contribution is -2.48. The van der Waals surface area contributed by atoms with Crippen LogP contribution < -0.4 is 10.1 Å². The van der Waals surface area contributed by atoms with Gasteiger partial charge in [0.15, 0.2) is 10.6 Å². The first-order chi connectivity index (χ1) is 16.0. The molecule has 1 unspecified atom stereocenters. The Balaban J connectivity index is 1.33. The molecule has 1 aliphatic heterocycles. The van der Waals surface area contributed by atoms with Gasteiger partial charge in [0, 0.05) is 24.7 Å². The second-order valence-electron chi connectivity index (χ2n) is 8.03. The van der Waals surface area contributed by atoms with Crippen molar-refractivity contribution in [2.24, 2.45) is 0 Å². The van der Waals surface area contributed by atoms with Crippen LogP contribution in [-0.4, -0.2) is 57.7 Å². The Morgan fingerprint density at radius 1 is 1.27 bits per heavy atom. The molecule has 0 aliphatic carbocycles. The molecule has 2 N–H and O–H groups in total. The standard InChI is InChI=1S/C23H27N5O3S2/c1-15(28-21(25-26-23(28)32)19-8-5-13-33-19)22(30)24-17-9-11-27(12-10-17)20(29)14-16-6-3-4-7-18(16)31-2/h3-8,13,15,17H,9-12,14H2,1-2H3,(H,24,30)(H,26,32). The molecule has 0 saturated carbocycles. The third-order valence-electron chi connectivity index (χ3n) is 5.94. The van der Waals surface area contributed by atoms with Crippen molar-refractivity contribution in [1.29, 1.82) is 0 Å². The van der Waals surface area contributed by atoms with Crippen molar-refractivity contribution in [3.63, 3.8) is 0 Å². The van der Waals surface area contributed by atoms with Crippen molar-refractivity contribution in [2.45, 2.75) is 38.3 Å². The lowest BCUT2D eigenvalue weighted by Gasteiger charge is -2.33. The maximum Gasteiger partial charge on any atom is 0.243 e.